The van der Waals surface area contributed by atoms with Gasteiger partial charge in [0.2, 0.25) is 11.9 Å². The van der Waals surface area contributed by atoms with Crippen LogP contribution >= 0.6 is 0 Å². The van der Waals surface area contributed by atoms with Crippen LogP contribution in [-0.4, -0.2) is 79.3 Å². The minimum Gasteiger partial charge on any atom is -0.463 e. The number of hydrogen-bond donors (Lipinski definition) is 3. The van der Waals surface area contributed by atoms with E-state index in [4.69, 9.17) is 27.0 Å². The molecule has 2 aliphatic rings. The number of nitrogens with zero attached hydrogens (tertiary/aromatic N) is 5. The summed E-state index contributed by atoms with van der Waals surface area (Å²) >= 11 is 0. The Kier molecular flexibility index (Phi) is 12.6. The van der Waals surface area contributed by atoms with Gasteiger partial charge in [0.05, 0.1) is 43.3 Å². The second-order valence-electron chi connectivity index (χ2n) is 9.18. The first-order valence-corrected chi connectivity index (χ1v) is 12.8. The zero-order valence-electron chi connectivity index (χ0n) is 24.4. The Bertz CT molecular complexity index is 1430. The monoisotopic (exact) mass is 789 g/mol. The van der Waals surface area contributed by atoms with Gasteiger partial charge in [0.1, 0.15) is 11.5 Å². The van der Waals surface area contributed by atoms with Crippen LogP contribution in [0.2, 0.25) is 0 Å². The first-order chi connectivity index (χ1) is 19.8. The number of ether oxygens (including phenoxy) is 3. The van der Waals surface area contributed by atoms with E-state index >= 15 is 0 Å². The van der Waals surface area contributed by atoms with Gasteiger partial charge < -0.3 is 31.0 Å². The maximum Gasteiger partial charge on any atom is 0.330 e. The standard InChI is InChI=1S/C14H20N4O3.C12H14N4O2.BH.U/c1-3-21-12(19)5-4-11-9(2)16-14(15)18-13(11)17-10-6-7-20-8-10;1-7-9-2-3-10(17)16(8-4-5-18-6-8)11(9)15-12(13)14-7;;/h4-5,10H,3,6-8H2,1-2H3,(H3,15,16,17,18);2-3,8H,4-6H2,1H3,(H2,13,14,15);1H;/b5-4+;;;/t10-;8-;;/m11../s1/i;;1D;. The number of nitrogen functional groups attached to an aromatic ring is 2. The van der Waals surface area contributed by atoms with E-state index in [1.807, 2.05) is 13.8 Å². The van der Waals surface area contributed by atoms with Crippen molar-refractivity contribution in [2.24, 2.45) is 0 Å². The molecule has 0 saturated carbocycles. The second kappa shape index (κ2) is 15.9. The molecule has 0 aromatic carbocycles. The number of fused-ring (bicyclic) bond motifs is 1. The predicted molar refractivity (Wildman–Crippen MR) is 154 cm³/mol. The van der Waals surface area contributed by atoms with E-state index in [-0.39, 0.29) is 60.7 Å². The quantitative estimate of drug-likeness (QED) is 0.184. The van der Waals surface area contributed by atoms with Gasteiger partial charge in [-0.3, -0.25) is 9.36 Å². The summed E-state index contributed by atoms with van der Waals surface area (Å²) in [4.78, 5) is 40.2. The van der Waals surface area contributed by atoms with Crippen LogP contribution in [0, 0.1) is 45.0 Å². The van der Waals surface area contributed by atoms with Crippen LogP contribution in [0.15, 0.2) is 23.0 Å². The van der Waals surface area contributed by atoms with Gasteiger partial charge in [0, 0.05) is 75.8 Å². The molecule has 0 unspecified atom stereocenters. The maximum atomic E-state index is 12.0. The smallest absolute Gasteiger partial charge is 0.330 e. The van der Waals surface area contributed by atoms with Crippen LogP contribution in [0.3, 0.4) is 0 Å². The Morgan fingerprint density at radius 2 is 1.80 bits per heavy atom. The molecule has 0 aliphatic carbocycles. The third kappa shape index (κ3) is 8.75. The van der Waals surface area contributed by atoms with Gasteiger partial charge in [0.25, 0.3) is 5.56 Å². The van der Waals surface area contributed by atoms with E-state index in [1.54, 1.807) is 29.7 Å². The Morgan fingerprint density at radius 3 is 2.46 bits per heavy atom. The van der Waals surface area contributed by atoms with E-state index in [0.717, 1.165) is 36.1 Å². The molecule has 216 valence electrons. The van der Waals surface area contributed by atoms with Crippen LogP contribution in [-0.2, 0) is 19.0 Å². The van der Waals surface area contributed by atoms with Crippen LogP contribution < -0.4 is 22.3 Å². The van der Waals surface area contributed by atoms with E-state index in [2.05, 4.69) is 33.6 Å². The topological polar surface area (TPSA) is 182 Å². The molecule has 2 radical (unpaired) electrons. The van der Waals surface area contributed by atoms with Crippen LogP contribution in [0.4, 0.5) is 17.7 Å². The van der Waals surface area contributed by atoms with Crippen molar-refractivity contribution in [3.63, 3.8) is 0 Å². The van der Waals surface area contributed by atoms with Gasteiger partial charge in [-0.15, -0.1) is 0 Å². The van der Waals surface area contributed by atoms with Gasteiger partial charge in [0.15, 0.2) is 0 Å². The number of carbonyl (C=O) groups is 1. The molecule has 13 nitrogen and oxygen atoms in total. The average Bonchev–Trinajstić information content (AvgIpc) is 3.64. The zero-order valence-corrected chi connectivity index (χ0v) is 27.6. The number of nitrogens with one attached hydrogen (secondary N) is 1. The number of aromatic nitrogens is 5. The van der Waals surface area contributed by atoms with E-state index in [9.17, 15) is 9.59 Å². The Labute approximate surface area is 265 Å². The molecule has 2 aliphatic heterocycles. The number of anilines is 3. The number of aryl methyl sites for hydroxylation is 2. The molecule has 0 amide bonds. The summed E-state index contributed by atoms with van der Waals surface area (Å²) < 4.78 is 22.5. The largest absolute Gasteiger partial charge is 0.463 e. The van der Waals surface area contributed by atoms with Crippen LogP contribution in [0.25, 0.3) is 17.1 Å². The molecular weight excluding hydrogens is 753 g/mol. The number of pyridine rings is 1. The summed E-state index contributed by atoms with van der Waals surface area (Å²) in [5.74, 6) is 0.598. The van der Waals surface area contributed by atoms with Crippen molar-refractivity contribution in [1.29, 1.82) is 1.34 Å². The molecule has 0 spiro atoms. The predicted octanol–water partition coefficient (Wildman–Crippen LogP) is 1.14. The Morgan fingerprint density at radius 1 is 1.12 bits per heavy atom. The minimum absolute atomic E-state index is 0. The maximum absolute atomic E-state index is 12.0. The number of nitrogens with two attached hydrogens (primary N) is 2. The molecule has 2 fully saturated rings. The normalized spacial score (nSPS) is 18.0. The average molecular weight is 789 g/mol. The molecule has 5 N–H and O–H groups in total. The first kappa shape index (κ1) is 32.5. The summed E-state index contributed by atoms with van der Waals surface area (Å²) in [5, 5.41) is 4.14. The van der Waals surface area contributed by atoms with Crippen molar-refractivity contribution in [2.45, 2.75) is 45.7 Å². The molecule has 2 saturated heterocycles. The molecule has 5 heterocycles. The fourth-order valence-corrected chi connectivity index (χ4v) is 4.48. The minimum atomic E-state index is -0.399. The van der Waals surface area contributed by atoms with Crippen molar-refractivity contribution < 1.29 is 50.1 Å². The van der Waals surface area contributed by atoms with Crippen molar-refractivity contribution in [1.82, 2.24) is 24.5 Å². The first-order valence-electron chi connectivity index (χ1n) is 13.4. The van der Waals surface area contributed by atoms with Gasteiger partial charge >= 0.3 is 5.97 Å². The van der Waals surface area contributed by atoms with E-state index in [1.165, 1.54) is 6.08 Å². The molecule has 0 bridgehead atoms. The van der Waals surface area contributed by atoms with Crippen molar-refractivity contribution in [3.8, 4) is 0 Å². The molecule has 15 heteroatoms. The molecule has 2 atom stereocenters. The second-order valence-corrected chi connectivity index (χ2v) is 9.18. The van der Waals surface area contributed by atoms with Crippen LogP contribution in [0.1, 0.15) is 42.8 Å². The molecule has 41 heavy (non-hydrogen) atoms. The Balaban J connectivity index is 0.000000273. The van der Waals surface area contributed by atoms with Crippen LogP contribution in [0.5, 0.6) is 0 Å². The summed E-state index contributed by atoms with van der Waals surface area (Å²) in [6, 6.07) is 3.52. The van der Waals surface area contributed by atoms with Gasteiger partial charge in [-0.1, -0.05) is 0 Å². The summed E-state index contributed by atoms with van der Waals surface area (Å²) in [5.41, 5.74) is 14.1. The number of carbonyl (C=O) groups excluding carboxylic acids is 1. The Hall–Kier alpha value is -2.98. The van der Waals surface area contributed by atoms with Gasteiger partial charge in [-0.25, -0.2) is 14.8 Å². The van der Waals surface area contributed by atoms with Gasteiger partial charge in [-0.2, -0.15) is 9.97 Å². The zero-order chi connectivity index (χ0) is 29.9. The van der Waals surface area contributed by atoms with E-state index in [0.29, 0.717) is 43.6 Å². The molecule has 5 rings (SSSR count). The fraction of sp³-hybridized carbons (Fsp3) is 0.462. The SMILES string of the molecule is CCOC(=O)/C=C/c1c(C)nc(N)nc1N[C@@H]1CCOC1.Cc1nc(N)nc2c1ccc(=O)n2[C@@H]1CCOC1.[2H][B].[U]. The molecule has 3 aromatic rings. The molecule has 3 aromatic heterocycles. The van der Waals surface area contributed by atoms with Gasteiger partial charge in [-0.05, 0) is 47.1 Å². The number of esters is 1. The van der Waals surface area contributed by atoms with Crippen molar-refractivity contribution in [2.75, 3.05) is 49.8 Å². The number of hydrogen-bond acceptors (Lipinski definition) is 12. The summed E-state index contributed by atoms with van der Waals surface area (Å²) in [7, 11) is 3.75. The van der Waals surface area contributed by atoms with E-state index < -0.39 is 5.97 Å². The molecular formula is C26H35BN8O5U. The third-order valence-electron chi connectivity index (χ3n) is 6.36. The number of rotatable bonds is 6. The fourth-order valence-electron chi connectivity index (χ4n) is 4.48. The van der Waals surface area contributed by atoms with Crippen molar-refractivity contribution >= 4 is 49.2 Å². The summed E-state index contributed by atoms with van der Waals surface area (Å²) in [6.07, 6.45) is 4.73. The third-order valence-corrected chi connectivity index (χ3v) is 6.36. The summed E-state index contributed by atoms with van der Waals surface area (Å²) in [6.45, 7) is 8.35. The van der Waals surface area contributed by atoms with Crippen molar-refractivity contribution in [3.05, 3.63) is 45.5 Å².